The van der Waals surface area contributed by atoms with E-state index < -0.39 is 5.97 Å². The van der Waals surface area contributed by atoms with E-state index in [-0.39, 0.29) is 18.5 Å². The fourth-order valence-corrected chi connectivity index (χ4v) is 3.13. The van der Waals surface area contributed by atoms with Gasteiger partial charge in [-0.2, -0.15) is 0 Å². The number of aliphatic carboxylic acids is 1. The molecule has 1 aromatic carbocycles. The van der Waals surface area contributed by atoms with Gasteiger partial charge in [-0.3, -0.25) is 4.79 Å². The van der Waals surface area contributed by atoms with Crippen molar-refractivity contribution in [3.63, 3.8) is 0 Å². The van der Waals surface area contributed by atoms with Crippen LogP contribution in [0.3, 0.4) is 0 Å². The summed E-state index contributed by atoms with van der Waals surface area (Å²) in [7, 11) is 0. The van der Waals surface area contributed by atoms with E-state index in [9.17, 15) is 9.59 Å². The summed E-state index contributed by atoms with van der Waals surface area (Å²) >= 11 is 0. The predicted octanol–water partition coefficient (Wildman–Crippen LogP) is 2.66. The summed E-state index contributed by atoms with van der Waals surface area (Å²) in [6.07, 6.45) is 3.41. The van der Waals surface area contributed by atoms with Gasteiger partial charge in [-0.15, -0.1) is 0 Å². The van der Waals surface area contributed by atoms with Gasteiger partial charge in [0.15, 0.2) is 0 Å². The molecule has 128 valence electrons. The highest BCUT2D eigenvalue weighted by Crippen LogP contribution is 2.30. The minimum Gasteiger partial charge on any atom is -0.481 e. The molecule has 1 fully saturated rings. The van der Waals surface area contributed by atoms with E-state index in [0.717, 1.165) is 36.1 Å². The second-order valence-electron chi connectivity index (χ2n) is 6.07. The lowest BCUT2D eigenvalue weighted by atomic mass is 10.0. The molecular weight excluding hydrogens is 308 g/mol. The first-order valence-electron chi connectivity index (χ1n) is 8.36. The lowest BCUT2D eigenvalue weighted by Gasteiger charge is -2.34. The molecule has 1 aliphatic rings. The summed E-state index contributed by atoms with van der Waals surface area (Å²) < 4.78 is 0. The molecule has 2 heterocycles. The lowest BCUT2D eigenvalue weighted by molar-refractivity contribution is -0.137. The largest absolute Gasteiger partial charge is 0.481 e. The number of piperidine rings is 1. The third-order valence-electron chi connectivity index (χ3n) is 4.33. The Morgan fingerprint density at radius 2 is 2.17 bits per heavy atom. The first-order chi connectivity index (χ1) is 11.6. The SMILES string of the molecule is O=C(O)CCCNC(=O)N1CCCCC1c1nc2ccccc2[nH]1. The zero-order valence-electron chi connectivity index (χ0n) is 13.5. The van der Waals surface area contributed by atoms with Gasteiger partial charge in [-0.1, -0.05) is 12.1 Å². The van der Waals surface area contributed by atoms with Crippen molar-refractivity contribution in [1.82, 2.24) is 20.2 Å². The van der Waals surface area contributed by atoms with E-state index >= 15 is 0 Å². The molecule has 0 radical (unpaired) electrons. The topological polar surface area (TPSA) is 98.3 Å². The maximum atomic E-state index is 12.5. The molecular formula is C17H22N4O3. The van der Waals surface area contributed by atoms with E-state index in [0.29, 0.717) is 19.5 Å². The van der Waals surface area contributed by atoms with Crippen LogP contribution >= 0.6 is 0 Å². The number of urea groups is 1. The van der Waals surface area contributed by atoms with E-state index in [2.05, 4.69) is 15.3 Å². The Morgan fingerprint density at radius 3 is 2.96 bits per heavy atom. The Morgan fingerprint density at radius 1 is 1.33 bits per heavy atom. The number of amides is 2. The molecule has 0 saturated carbocycles. The zero-order valence-corrected chi connectivity index (χ0v) is 13.5. The highest BCUT2D eigenvalue weighted by molar-refractivity contribution is 5.76. The second-order valence-corrected chi connectivity index (χ2v) is 6.07. The predicted molar refractivity (Wildman–Crippen MR) is 89.7 cm³/mol. The van der Waals surface area contributed by atoms with Crippen LogP contribution in [0.15, 0.2) is 24.3 Å². The lowest BCUT2D eigenvalue weighted by Crippen LogP contribution is -2.45. The van der Waals surface area contributed by atoms with Crippen molar-refractivity contribution in [2.75, 3.05) is 13.1 Å². The fraction of sp³-hybridized carbons (Fsp3) is 0.471. The van der Waals surface area contributed by atoms with Gasteiger partial charge in [0.2, 0.25) is 0 Å². The number of hydrogen-bond donors (Lipinski definition) is 3. The number of para-hydroxylation sites is 2. The number of hydrogen-bond acceptors (Lipinski definition) is 3. The van der Waals surface area contributed by atoms with Crippen molar-refractivity contribution >= 4 is 23.0 Å². The van der Waals surface area contributed by atoms with Crippen LogP contribution in [0.1, 0.15) is 44.0 Å². The van der Waals surface area contributed by atoms with E-state index in [1.54, 1.807) is 0 Å². The number of imidazole rings is 1. The number of aromatic amines is 1. The molecule has 0 spiro atoms. The summed E-state index contributed by atoms with van der Waals surface area (Å²) in [5, 5.41) is 11.5. The Hall–Kier alpha value is -2.57. The van der Waals surface area contributed by atoms with Gasteiger partial charge < -0.3 is 20.3 Å². The monoisotopic (exact) mass is 330 g/mol. The molecule has 1 aromatic heterocycles. The first kappa shape index (κ1) is 16.3. The van der Waals surface area contributed by atoms with Gasteiger partial charge in [0.05, 0.1) is 17.1 Å². The summed E-state index contributed by atoms with van der Waals surface area (Å²) in [5.41, 5.74) is 1.87. The number of carbonyl (C=O) groups excluding carboxylic acids is 1. The Kier molecular flexibility index (Phi) is 4.98. The Bertz CT molecular complexity index is 694. The van der Waals surface area contributed by atoms with Crippen LogP contribution in [-0.2, 0) is 4.79 Å². The third-order valence-corrected chi connectivity index (χ3v) is 4.33. The molecule has 7 nitrogen and oxygen atoms in total. The number of benzene rings is 1. The molecule has 1 unspecified atom stereocenters. The Balaban J connectivity index is 1.68. The average Bonchev–Trinajstić information content (AvgIpc) is 3.02. The van der Waals surface area contributed by atoms with E-state index in [1.165, 1.54) is 0 Å². The minimum atomic E-state index is -0.845. The highest BCUT2D eigenvalue weighted by atomic mass is 16.4. The second kappa shape index (κ2) is 7.33. The van der Waals surface area contributed by atoms with Crippen molar-refractivity contribution in [1.29, 1.82) is 0 Å². The van der Waals surface area contributed by atoms with Gasteiger partial charge in [0, 0.05) is 19.5 Å². The van der Waals surface area contributed by atoms with Crippen LogP contribution in [0.4, 0.5) is 4.79 Å². The van der Waals surface area contributed by atoms with Gasteiger partial charge in [0.1, 0.15) is 5.82 Å². The number of nitrogens with zero attached hydrogens (tertiary/aromatic N) is 2. The molecule has 1 atom stereocenters. The number of carboxylic acid groups (broad SMARTS) is 1. The molecule has 7 heteroatoms. The average molecular weight is 330 g/mol. The first-order valence-corrected chi connectivity index (χ1v) is 8.36. The van der Waals surface area contributed by atoms with Crippen molar-refractivity contribution in [3.05, 3.63) is 30.1 Å². The van der Waals surface area contributed by atoms with Gasteiger partial charge >= 0.3 is 12.0 Å². The van der Waals surface area contributed by atoms with Crippen LogP contribution in [-0.4, -0.2) is 45.1 Å². The third kappa shape index (κ3) is 3.67. The number of carbonyl (C=O) groups is 2. The summed E-state index contributed by atoms with van der Waals surface area (Å²) in [6, 6.07) is 7.62. The van der Waals surface area contributed by atoms with Crippen LogP contribution in [0.2, 0.25) is 0 Å². The standard InChI is InChI=1S/C17H22N4O3/c22-15(23)9-5-10-18-17(24)21-11-4-3-8-14(21)16-19-12-6-1-2-7-13(12)20-16/h1-2,6-7,14H,3-5,8-11H2,(H,18,24)(H,19,20)(H,22,23). The van der Waals surface area contributed by atoms with Gasteiger partial charge in [-0.05, 0) is 37.8 Å². The smallest absolute Gasteiger partial charge is 0.318 e. The number of fused-ring (bicyclic) bond motifs is 1. The number of aromatic nitrogens is 2. The normalized spacial score (nSPS) is 17.8. The van der Waals surface area contributed by atoms with Gasteiger partial charge in [0.25, 0.3) is 0 Å². The van der Waals surface area contributed by atoms with Crippen LogP contribution in [0.5, 0.6) is 0 Å². The van der Waals surface area contributed by atoms with Crippen LogP contribution in [0.25, 0.3) is 11.0 Å². The fourth-order valence-electron chi connectivity index (χ4n) is 3.13. The molecule has 3 rings (SSSR count). The van der Waals surface area contributed by atoms with Crippen LogP contribution < -0.4 is 5.32 Å². The van der Waals surface area contributed by atoms with E-state index in [4.69, 9.17) is 5.11 Å². The van der Waals surface area contributed by atoms with Crippen molar-refractivity contribution in [3.8, 4) is 0 Å². The van der Waals surface area contributed by atoms with Gasteiger partial charge in [-0.25, -0.2) is 9.78 Å². The molecule has 0 aliphatic carbocycles. The molecule has 1 aliphatic heterocycles. The van der Waals surface area contributed by atoms with Crippen molar-refractivity contribution in [2.45, 2.75) is 38.1 Å². The molecule has 24 heavy (non-hydrogen) atoms. The number of H-pyrrole nitrogens is 1. The quantitative estimate of drug-likeness (QED) is 0.734. The zero-order chi connectivity index (χ0) is 16.9. The van der Waals surface area contributed by atoms with Crippen LogP contribution in [0, 0.1) is 0 Å². The van der Waals surface area contributed by atoms with E-state index in [1.807, 2.05) is 29.2 Å². The number of carboxylic acids is 1. The number of likely N-dealkylation sites (tertiary alicyclic amines) is 1. The summed E-state index contributed by atoms with van der Waals surface area (Å²) in [6.45, 7) is 1.06. The Labute approximate surface area is 140 Å². The molecule has 3 N–H and O–H groups in total. The maximum Gasteiger partial charge on any atom is 0.318 e. The summed E-state index contributed by atoms with van der Waals surface area (Å²) in [5.74, 6) is -0.0287. The molecule has 1 saturated heterocycles. The maximum absolute atomic E-state index is 12.5. The number of nitrogens with one attached hydrogen (secondary N) is 2. The molecule has 2 amide bonds. The van der Waals surface area contributed by atoms with Crippen molar-refractivity contribution in [2.24, 2.45) is 0 Å². The summed E-state index contributed by atoms with van der Waals surface area (Å²) in [4.78, 5) is 32.8. The highest BCUT2D eigenvalue weighted by Gasteiger charge is 2.30. The molecule has 2 aromatic rings. The number of rotatable bonds is 5. The molecule has 0 bridgehead atoms. The van der Waals surface area contributed by atoms with Crippen molar-refractivity contribution < 1.29 is 14.7 Å². The minimum absolute atomic E-state index is 0.0628.